The van der Waals surface area contributed by atoms with E-state index in [2.05, 4.69) is 10.2 Å². The summed E-state index contributed by atoms with van der Waals surface area (Å²) >= 11 is 0. The highest BCUT2D eigenvalue weighted by atomic mass is 32.2. The molecule has 0 saturated heterocycles. The first-order valence-electron chi connectivity index (χ1n) is 8.20. The molecule has 1 aromatic heterocycles. The number of aliphatic carboxylic acids is 1. The lowest BCUT2D eigenvalue weighted by Crippen LogP contribution is -2.50. The fourth-order valence-corrected chi connectivity index (χ4v) is 5.02. The van der Waals surface area contributed by atoms with Crippen LogP contribution in [0.15, 0.2) is 23.1 Å². The molecule has 3 heterocycles. The van der Waals surface area contributed by atoms with Crippen molar-refractivity contribution in [2.45, 2.75) is 50.4 Å². The van der Waals surface area contributed by atoms with E-state index >= 15 is 0 Å². The summed E-state index contributed by atoms with van der Waals surface area (Å²) < 4.78 is 34.6. The predicted octanol–water partition coefficient (Wildman–Crippen LogP) is 0.568. The average Bonchev–Trinajstić information content (AvgIpc) is 3.14. The van der Waals surface area contributed by atoms with E-state index in [1.165, 1.54) is 6.07 Å². The topological polar surface area (TPSA) is 115 Å². The van der Waals surface area contributed by atoms with Crippen LogP contribution in [-0.4, -0.2) is 50.7 Å². The smallest absolute Gasteiger partial charge is 0.323 e. The minimum atomic E-state index is -4.01. The Kier molecular flexibility index (Phi) is 3.77. The number of fused-ring (bicyclic) bond motifs is 2. The number of aryl methyl sites for hydroxylation is 1. The fourth-order valence-electron chi connectivity index (χ4n) is 3.44. The van der Waals surface area contributed by atoms with Gasteiger partial charge in [0.1, 0.15) is 29.5 Å². The van der Waals surface area contributed by atoms with Gasteiger partial charge in [0.15, 0.2) is 0 Å². The quantitative estimate of drug-likeness (QED) is 0.830. The molecule has 0 spiro atoms. The maximum Gasteiger partial charge on any atom is 0.323 e. The third kappa shape index (κ3) is 2.56. The highest BCUT2D eigenvalue weighted by Crippen LogP contribution is 2.33. The molecule has 1 N–H and O–H groups in total. The van der Waals surface area contributed by atoms with Gasteiger partial charge >= 0.3 is 5.97 Å². The lowest BCUT2D eigenvalue weighted by Gasteiger charge is -2.32. The molecule has 4 rings (SSSR count). The Labute approximate surface area is 150 Å². The van der Waals surface area contributed by atoms with Crippen LogP contribution in [0.3, 0.4) is 0 Å². The summed E-state index contributed by atoms with van der Waals surface area (Å²) in [7, 11) is -4.01. The molecule has 2 aliphatic heterocycles. The molecule has 9 nitrogen and oxygen atoms in total. The van der Waals surface area contributed by atoms with Gasteiger partial charge in [-0.2, -0.15) is 4.31 Å². The monoisotopic (exact) mass is 378 g/mol. The van der Waals surface area contributed by atoms with Crippen molar-refractivity contribution in [1.29, 1.82) is 0 Å². The Morgan fingerprint density at radius 2 is 2.12 bits per heavy atom. The molecule has 26 heavy (non-hydrogen) atoms. The van der Waals surface area contributed by atoms with E-state index in [4.69, 9.17) is 4.74 Å². The van der Waals surface area contributed by atoms with Crippen LogP contribution in [0, 0.1) is 6.92 Å². The van der Waals surface area contributed by atoms with E-state index in [1.807, 2.05) is 6.92 Å². The van der Waals surface area contributed by atoms with Gasteiger partial charge in [0.05, 0.1) is 18.0 Å². The zero-order valence-corrected chi connectivity index (χ0v) is 15.1. The molecule has 0 bridgehead atoms. The molecular formula is C16H18N4O5S. The van der Waals surface area contributed by atoms with Crippen molar-refractivity contribution in [2.24, 2.45) is 0 Å². The molecule has 138 valence electrons. The van der Waals surface area contributed by atoms with E-state index in [1.54, 1.807) is 23.6 Å². The maximum atomic E-state index is 13.2. The minimum Gasteiger partial charge on any atom is -0.490 e. The van der Waals surface area contributed by atoms with Crippen LogP contribution in [0.25, 0.3) is 0 Å². The van der Waals surface area contributed by atoms with Gasteiger partial charge < -0.3 is 14.4 Å². The normalized spacial score (nSPS) is 22.5. The number of hydrogen-bond acceptors (Lipinski definition) is 6. The summed E-state index contributed by atoms with van der Waals surface area (Å²) in [4.78, 5) is 11.8. The Morgan fingerprint density at radius 1 is 1.35 bits per heavy atom. The predicted molar refractivity (Wildman–Crippen MR) is 89.1 cm³/mol. The Morgan fingerprint density at radius 3 is 2.85 bits per heavy atom. The van der Waals surface area contributed by atoms with Gasteiger partial charge in [-0.15, -0.1) is 10.2 Å². The van der Waals surface area contributed by atoms with Crippen molar-refractivity contribution in [3.05, 3.63) is 35.4 Å². The number of carboxylic acid groups (broad SMARTS) is 1. The van der Waals surface area contributed by atoms with E-state index < -0.39 is 22.0 Å². The molecule has 1 aromatic carbocycles. The van der Waals surface area contributed by atoms with Crippen molar-refractivity contribution in [1.82, 2.24) is 19.1 Å². The van der Waals surface area contributed by atoms with Crippen LogP contribution >= 0.6 is 0 Å². The molecule has 2 aliphatic rings. The number of hydrogen-bond donors (Lipinski definition) is 1. The van der Waals surface area contributed by atoms with Crippen LogP contribution < -0.4 is 4.74 Å². The molecule has 0 radical (unpaired) electrons. The van der Waals surface area contributed by atoms with Gasteiger partial charge in [-0.1, -0.05) is 0 Å². The summed E-state index contributed by atoms with van der Waals surface area (Å²) in [6.45, 7) is 3.47. The molecule has 2 atom stereocenters. The Balaban J connectivity index is 1.75. The Bertz CT molecular complexity index is 1000. The maximum absolute atomic E-state index is 13.2. The van der Waals surface area contributed by atoms with Crippen LogP contribution in [0.1, 0.15) is 24.1 Å². The van der Waals surface area contributed by atoms with E-state index in [0.717, 1.165) is 9.87 Å². The molecule has 10 heteroatoms. The number of nitrogens with zero attached hydrogens (tertiary/aromatic N) is 4. The fraction of sp³-hybridized carbons (Fsp3) is 0.438. The van der Waals surface area contributed by atoms with Gasteiger partial charge in [-0.05, 0) is 37.6 Å². The molecule has 0 amide bonds. The average molecular weight is 378 g/mol. The molecule has 2 unspecified atom stereocenters. The second kappa shape index (κ2) is 5.78. The lowest BCUT2D eigenvalue weighted by molar-refractivity contribution is -0.142. The molecule has 0 aliphatic carbocycles. The van der Waals surface area contributed by atoms with Gasteiger partial charge in [0.25, 0.3) is 0 Å². The molecule has 0 saturated carbocycles. The van der Waals surface area contributed by atoms with Crippen molar-refractivity contribution < 1.29 is 23.1 Å². The van der Waals surface area contributed by atoms with Crippen LogP contribution in [0.5, 0.6) is 5.75 Å². The number of ether oxygens (including phenoxy) is 1. The van der Waals surface area contributed by atoms with Crippen molar-refractivity contribution in [2.75, 3.05) is 0 Å². The van der Waals surface area contributed by atoms with Crippen molar-refractivity contribution >= 4 is 16.0 Å². The summed E-state index contributed by atoms with van der Waals surface area (Å²) in [5, 5.41) is 17.5. The second-order valence-corrected chi connectivity index (χ2v) is 8.47. The van der Waals surface area contributed by atoms with Gasteiger partial charge in [-0.3, -0.25) is 4.79 Å². The number of carboxylic acids is 1. The number of carbonyl (C=O) groups is 1. The molecule has 0 fully saturated rings. The number of rotatable bonds is 3. The number of sulfonamides is 1. The summed E-state index contributed by atoms with van der Waals surface area (Å²) in [6.07, 6.45) is 0.612. The summed E-state index contributed by atoms with van der Waals surface area (Å²) in [5.74, 6) is 0.458. The first kappa shape index (κ1) is 17.0. The summed E-state index contributed by atoms with van der Waals surface area (Å²) in [6, 6.07) is 3.43. The van der Waals surface area contributed by atoms with Crippen LogP contribution in [-0.2, 0) is 34.3 Å². The van der Waals surface area contributed by atoms with E-state index in [9.17, 15) is 18.3 Å². The highest BCUT2D eigenvalue weighted by molar-refractivity contribution is 7.89. The van der Waals surface area contributed by atoms with Gasteiger partial charge in [0.2, 0.25) is 10.0 Å². The molecular weight excluding hydrogens is 360 g/mol. The first-order valence-corrected chi connectivity index (χ1v) is 9.64. The Hall–Kier alpha value is -2.46. The second-order valence-electron chi connectivity index (χ2n) is 6.58. The SMILES string of the molecule is Cc1nnc2n1CC(C(=O)O)N(S(=O)(=O)c1ccc3c(c1)CC(C)O3)C2. The zero-order valence-electron chi connectivity index (χ0n) is 14.3. The number of benzene rings is 1. The third-order valence-electron chi connectivity index (χ3n) is 4.77. The lowest BCUT2D eigenvalue weighted by atomic mass is 10.1. The minimum absolute atomic E-state index is 0.00812. The van der Waals surface area contributed by atoms with Gasteiger partial charge in [-0.25, -0.2) is 8.42 Å². The number of aromatic nitrogens is 3. The van der Waals surface area contributed by atoms with Crippen molar-refractivity contribution in [3.8, 4) is 5.75 Å². The van der Waals surface area contributed by atoms with E-state index in [0.29, 0.717) is 23.8 Å². The van der Waals surface area contributed by atoms with Gasteiger partial charge in [0, 0.05) is 6.42 Å². The molecule has 2 aromatic rings. The third-order valence-corrected chi connectivity index (χ3v) is 6.62. The largest absolute Gasteiger partial charge is 0.490 e. The van der Waals surface area contributed by atoms with Crippen LogP contribution in [0.4, 0.5) is 0 Å². The zero-order chi connectivity index (χ0) is 18.6. The first-order chi connectivity index (χ1) is 12.3. The van der Waals surface area contributed by atoms with E-state index in [-0.39, 0.29) is 24.1 Å². The standard InChI is InChI=1S/C16H18N4O5S/c1-9-5-11-6-12(3-4-14(11)25-9)26(23,24)20-8-15-18-17-10(2)19(15)7-13(20)16(21)22/h3-4,6,9,13H,5,7-8H2,1-2H3,(H,21,22). The summed E-state index contributed by atoms with van der Waals surface area (Å²) in [5.41, 5.74) is 0.807. The van der Waals surface area contributed by atoms with Crippen molar-refractivity contribution in [3.63, 3.8) is 0 Å². The van der Waals surface area contributed by atoms with Crippen LogP contribution in [0.2, 0.25) is 0 Å². The highest BCUT2D eigenvalue weighted by Gasteiger charge is 2.41.